The number of amides is 1. The molecule has 3 rings (SSSR count). The lowest BCUT2D eigenvalue weighted by atomic mass is 9.93. The highest BCUT2D eigenvalue weighted by Gasteiger charge is 2.35. The first-order valence-corrected chi connectivity index (χ1v) is 9.95. The van der Waals surface area contributed by atoms with E-state index in [4.69, 9.17) is 4.74 Å². The lowest BCUT2D eigenvalue weighted by Crippen LogP contribution is -2.48. The molecule has 0 aliphatic carbocycles. The molecule has 2 aliphatic rings. The minimum atomic E-state index is -0.238. The lowest BCUT2D eigenvalue weighted by Gasteiger charge is -2.39. The number of benzene rings is 1. The van der Waals surface area contributed by atoms with E-state index in [1.165, 1.54) is 6.42 Å². The van der Waals surface area contributed by atoms with Crippen LogP contribution in [0, 0.1) is 5.92 Å². The van der Waals surface area contributed by atoms with Crippen molar-refractivity contribution in [2.75, 3.05) is 32.8 Å². The molecule has 0 N–H and O–H groups in total. The normalized spacial score (nSPS) is 20.6. The number of likely N-dealkylation sites (tertiary alicyclic amines) is 2. The van der Waals surface area contributed by atoms with Gasteiger partial charge in [0.1, 0.15) is 6.04 Å². The lowest BCUT2D eigenvalue weighted by molar-refractivity contribution is -0.150. The van der Waals surface area contributed by atoms with E-state index >= 15 is 0 Å². The van der Waals surface area contributed by atoms with Crippen LogP contribution in [0.2, 0.25) is 0 Å². The van der Waals surface area contributed by atoms with E-state index in [0.29, 0.717) is 6.61 Å². The average Bonchev–Trinajstić information content (AvgIpc) is 2.70. The van der Waals surface area contributed by atoms with Crippen LogP contribution in [0.4, 0.5) is 0 Å². The predicted octanol–water partition coefficient (Wildman–Crippen LogP) is 3.02. The van der Waals surface area contributed by atoms with Crippen LogP contribution in [0.25, 0.3) is 0 Å². The molecule has 142 valence electrons. The summed E-state index contributed by atoms with van der Waals surface area (Å²) in [6.45, 7) is 5.50. The molecular formula is C21H30N2O3. The number of piperidine rings is 2. The minimum absolute atomic E-state index is 0.0345. The van der Waals surface area contributed by atoms with Crippen LogP contribution in [0.5, 0.6) is 0 Å². The number of rotatable bonds is 5. The van der Waals surface area contributed by atoms with Crippen LogP contribution in [0.1, 0.15) is 50.6 Å². The molecule has 1 unspecified atom stereocenters. The Morgan fingerprint density at radius 3 is 2.31 bits per heavy atom. The second kappa shape index (κ2) is 9.17. The van der Waals surface area contributed by atoms with Crippen LogP contribution in [0.3, 0.4) is 0 Å². The molecule has 2 fully saturated rings. The second-order valence-electron chi connectivity index (χ2n) is 7.26. The molecule has 1 aromatic carbocycles. The molecule has 26 heavy (non-hydrogen) atoms. The maximum atomic E-state index is 13.3. The Morgan fingerprint density at radius 1 is 1.04 bits per heavy atom. The molecule has 2 aliphatic heterocycles. The van der Waals surface area contributed by atoms with Crippen LogP contribution >= 0.6 is 0 Å². The van der Waals surface area contributed by atoms with Gasteiger partial charge in [-0.2, -0.15) is 0 Å². The molecule has 5 heteroatoms. The third-order valence-corrected chi connectivity index (χ3v) is 5.53. The SMILES string of the molecule is CCOC(=O)C1CCN(C(C(=O)N2CCCCC2)c2ccccc2)CC1. The van der Waals surface area contributed by atoms with Gasteiger partial charge in [-0.05, 0) is 44.6 Å². The molecule has 2 heterocycles. The van der Waals surface area contributed by atoms with Gasteiger partial charge < -0.3 is 9.64 Å². The molecule has 5 nitrogen and oxygen atoms in total. The Hall–Kier alpha value is -1.88. The zero-order valence-electron chi connectivity index (χ0n) is 15.7. The van der Waals surface area contributed by atoms with E-state index in [2.05, 4.69) is 4.90 Å². The summed E-state index contributed by atoms with van der Waals surface area (Å²) in [5.74, 6) is 0.0870. The van der Waals surface area contributed by atoms with Crippen molar-refractivity contribution in [1.82, 2.24) is 9.80 Å². The summed E-state index contributed by atoms with van der Waals surface area (Å²) in [7, 11) is 0. The van der Waals surface area contributed by atoms with Gasteiger partial charge in [0.05, 0.1) is 12.5 Å². The number of nitrogens with zero attached hydrogens (tertiary/aromatic N) is 2. The molecule has 0 aromatic heterocycles. The van der Waals surface area contributed by atoms with Gasteiger partial charge in [-0.3, -0.25) is 14.5 Å². The molecule has 0 bridgehead atoms. The van der Waals surface area contributed by atoms with Crippen molar-refractivity contribution in [2.24, 2.45) is 5.92 Å². The summed E-state index contributed by atoms with van der Waals surface area (Å²) in [4.78, 5) is 29.6. The van der Waals surface area contributed by atoms with Crippen LogP contribution < -0.4 is 0 Å². The molecule has 1 atom stereocenters. The Bertz CT molecular complexity index is 591. The topological polar surface area (TPSA) is 49.9 Å². The van der Waals surface area contributed by atoms with Gasteiger partial charge in [0.25, 0.3) is 0 Å². The summed E-state index contributed by atoms with van der Waals surface area (Å²) < 4.78 is 5.17. The maximum Gasteiger partial charge on any atom is 0.309 e. The van der Waals surface area contributed by atoms with Crippen molar-refractivity contribution < 1.29 is 14.3 Å². The number of hydrogen-bond acceptors (Lipinski definition) is 4. The number of carbonyl (C=O) groups is 2. The summed E-state index contributed by atoms with van der Waals surface area (Å²) in [6.07, 6.45) is 4.92. The fraction of sp³-hybridized carbons (Fsp3) is 0.619. The smallest absolute Gasteiger partial charge is 0.309 e. The third-order valence-electron chi connectivity index (χ3n) is 5.53. The minimum Gasteiger partial charge on any atom is -0.466 e. The van der Waals surface area contributed by atoms with Gasteiger partial charge in [-0.1, -0.05) is 30.3 Å². The second-order valence-corrected chi connectivity index (χ2v) is 7.26. The summed E-state index contributed by atoms with van der Waals surface area (Å²) in [6, 6.07) is 9.83. The summed E-state index contributed by atoms with van der Waals surface area (Å²) in [5.41, 5.74) is 1.05. The van der Waals surface area contributed by atoms with Crippen molar-refractivity contribution in [1.29, 1.82) is 0 Å². The van der Waals surface area contributed by atoms with E-state index in [9.17, 15) is 9.59 Å². The molecular weight excluding hydrogens is 328 g/mol. The first-order valence-electron chi connectivity index (χ1n) is 9.95. The van der Waals surface area contributed by atoms with Crippen LogP contribution in [0.15, 0.2) is 30.3 Å². The Balaban J connectivity index is 1.72. The number of carbonyl (C=O) groups excluding carboxylic acids is 2. The van der Waals surface area contributed by atoms with Crippen molar-refractivity contribution in [2.45, 2.75) is 45.1 Å². The zero-order chi connectivity index (χ0) is 18.4. The van der Waals surface area contributed by atoms with E-state index in [0.717, 1.165) is 57.4 Å². The fourth-order valence-electron chi connectivity index (χ4n) is 4.09. The summed E-state index contributed by atoms with van der Waals surface area (Å²) >= 11 is 0. The Morgan fingerprint density at radius 2 is 1.69 bits per heavy atom. The number of hydrogen-bond donors (Lipinski definition) is 0. The number of esters is 1. The van der Waals surface area contributed by atoms with Gasteiger partial charge in [0.15, 0.2) is 0 Å². The van der Waals surface area contributed by atoms with Gasteiger partial charge >= 0.3 is 5.97 Å². The van der Waals surface area contributed by atoms with Crippen LogP contribution in [-0.4, -0.2) is 54.5 Å². The van der Waals surface area contributed by atoms with E-state index in [1.54, 1.807) is 0 Å². The quantitative estimate of drug-likeness (QED) is 0.759. The molecule has 0 spiro atoms. The average molecular weight is 358 g/mol. The largest absolute Gasteiger partial charge is 0.466 e. The molecule has 1 aromatic rings. The van der Waals surface area contributed by atoms with Crippen molar-refractivity contribution in [3.63, 3.8) is 0 Å². The van der Waals surface area contributed by atoms with Gasteiger partial charge in [-0.15, -0.1) is 0 Å². The highest BCUT2D eigenvalue weighted by Crippen LogP contribution is 2.30. The van der Waals surface area contributed by atoms with Crippen molar-refractivity contribution in [3.8, 4) is 0 Å². The predicted molar refractivity (Wildman–Crippen MR) is 101 cm³/mol. The highest BCUT2D eigenvalue weighted by molar-refractivity contribution is 5.83. The van der Waals surface area contributed by atoms with E-state index in [1.807, 2.05) is 42.2 Å². The molecule has 1 amide bonds. The first-order chi connectivity index (χ1) is 12.7. The summed E-state index contributed by atoms with van der Waals surface area (Å²) in [5, 5.41) is 0. The molecule has 2 saturated heterocycles. The maximum absolute atomic E-state index is 13.3. The van der Waals surface area contributed by atoms with Crippen LogP contribution in [-0.2, 0) is 14.3 Å². The molecule has 0 radical (unpaired) electrons. The highest BCUT2D eigenvalue weighted by atomic mass is 16.5. The Labute approximate surface area is 156 Å². The fourth-order valence-corrected chi connectivity index (χ4v) is 4.09. The molecule has 0 saturated carbocycles. The van der Waals surface area contributed by atoms with Gasteiger partial charge in [-0.25, -0.2) is 0 Å². The van der Waals surface area contributed by atoms with E-state index < -0.39 is 0 Å². The Kier molecular flexibility index (Phi) is 6.67. The standard InChI is InChI=1S/C21H30N2O3/c1-2-26-21(25)18-11-15-22(16-12-18)19(17-9-5-3-6-10-17)20(24)23-13-7-4-8-14-23/h3,5-6,9-10,18-19H,2,4,7-8,11-16H2,1H3. The van der Waals surface area contributed by atoms with Crippen molar-refractivity contribution in [3.05, 3.63) is 35.9 Å². The van der Waals surface area contributed by atoms with Gasteiger partial charge in [0, 0.05) is 26.2 Å². The van der Waals surface area contributed by atoms with E-state index in [-0.39, 0.29) is 23.8 Å². The monoisotopic (exact) mass is 358 g/mol. The van der Waals surface area contributed by atoms with Crippen molar-refractivity contribution >= 4 is 11.9 Å². The van der Waals surface area contributed by atoms with Gasteiger partial charge in [0.2, 0.25) is 5.91 Å². The third kappa shape index (κ3) is 4.44. The first kappa shape index (κ1) is 18.9. The zero-order valence-corrected chi connectivity index (χ0v) is 15.7. The number of ether oxygens (including phenoxy) is 1.